The predicted octanol–water partition coefficient (Wildman–Crippen LogP) is 1.11. The van der Waals surface area contributed by atoms with Crippen LogP contribution in [0.4, 0.5) is 5.69 Å². The van der Waals surface area contributed by atoms with Crippen molar-refractivity contribution in [2.75, 3.05) is 11.5 Å². The lowest BCUT2D eigenvalue weighted by atomic mass is 9.77. The topological polar surface area (TPSA) is 66.8 Å². The molecule has 0 aromatic heterocycles. The molecule has 5 nitrogen and oxygen atoms in total. The molecule has 0 radical (unpaired) electrons. The first-order chi connectivity index (χ1) is 10.5. The summed E-state index contributed by atoms with van der Waals surface area (Å²) in [7, 11) is 0. The number of hydrogen-bond acceptors (Lipinski definition) is 4. The smallest absolute Gasteiger partial charge is 0.241 e. The highest BCUT2D eigenvalue weighted by Gasteiger charge is 2.67. The first-order valence-electron chi connectivity index (χ1n) is 7.41. The van der Waals surface area contributed by atoms with Crippen LogP contribution in [0.15, 0.2) is 30.4 Å². The number of aliphatic hydroxyl groups excluding tert-OH is 1. The summed E-state index contributed by atoms with van der Waals surface area (Å²) in [6.45, 7) is 3.65. The van der Waals surface area contributed by atoms with Crippen molar-refractivity contribution >= 4 is 17.5 Å². The summed E-state index contributed by atoms with van der Waals surface area (Å²) in [6, 6.07) is 5.56. The van der Waals surface area contributed by atoms with Crippen molar-refractivity contribution in [3.8, 4) is 0 Å². The number of fused-ring (bicyclic) bond motifs is 5. The number of rotatable bonds is 2. The van der Waals surface area contributed by atoms with Gasteiger partial charge in [0.15, 0.2) is 0 Å². The van der Waals surface area contributed by atoms with E-state index < -0.39 is 23.5 Å². The first-order valence-corrected chi connectivity index (χ1v) is 7.41. The van der Waals surface area contributed by atoms with Crippen LogP contribution in [-0.4, -0.2) is 35.2 Å². The van der Waals surface area contributed by atoms with Gasteiger partial charge in [0.25, 0.3) is 0 Å². The number of aliphatic hydroxyl groups is 1. The standard InChI is InChI=1S/C17H17NO4/c1-9-3-4-11(7-10(9)2)18-15(20)13-12-5-6-17(8-19,22-12)14(13)16(18)21/h3-7,12-14,19H,8H2,1-2H3. The van der Waals surface area contributed by atoms with Crippen molar-refractivity contribution in [3.63, 3.8) is 0 Å². The Morgan fingerprint density at radius 3 is 2.68 bits per heavy atom. The molecule has 2 bridgehead atoms. The Labute approximate surface area is 128 Å². The molecule has 1 N–H and O–H groups in total. The van der Waals surface area contributed by atoms with Crippen molar-refractivity contribution < 1.29 is 19.4 Å². The van der Waals surface area contributed by atoms with E-state index in [1.807, 2.05) is 26.0 Å². The Morgan fingerprint density at radius 1 is 1.23 bits per heavy atom. The molecule has 1 aromatic rings. The van der Waals surface area contributed by atoms with E-state index in [9.17, 15) is 14.7 Å². The zero-order chi connectivity index (χ0) is 15.6. The second kappa shape index (κ2) is 4.27. The molecule has 3 aliphatic rings. The van der Waals surface area contributed by atoms with Crippen LogP contribution >= 0.6 is 0 Å². The third kappa shape index (κ3) is 1.50. The summed E-state index contributed by atoms with van der Waals surface area (Å²) in [6.07, 6.45) is 3.10. The van der Waals surface area contributed by atoms with Crippen LogP contribution in [0.1, 0.15) is 11.1 Å². The predicted molar refractivity (Wildman–Crippen MR) is 79.2 cm³/mol. The summed E-state index contributed by atoms with van der Waals surface area (Å²) >= 11 is 0. The number of hydrogen-bond donors (Lipinski definition) is 1. The van der Waals surface area contributed by atoms with E-state index in [4.69, 9.17) is 4.74 Å². The lowest BCUT2D eigenvalue weighted by Crippen LogP contribution is -2.43. The van der Waals surface area contributed by atoms with Crippen molar-refractivity contribution in [2.45, 2.75) is 25.6 Å². The lowest BCUT2D eigenvalue weighted by Gasteiger charge is -2.26. The lowest BCUT2D eigenvalue weighted by molar-refractivity contribution is -0.128. The van der Waals surface area contributed by atoms with E-state index in [0.29, 0.717) is 5.69 Å². The van der Waals surface area contributed by atoms with Gasteiger partial charge in [-0.15, -0.1) is 0 Å². The molecule has 3 aliphatic heterocycles. The SMILES string of the molecule is Cc1ccc(N2C(=O)C3C4C=CC(CO)(O4)C3C2=O)cc1C. The number of carbonyl (C=O) groups is 2. The average Bonchev–Trinajstić information content (AvgIpc) is 3.14. The molecule has 4 atom stereocenters. The van der Waals surface area contributed by atoms with Gasteiger partial charge in [0, 0.05) is 0 Å². The Hall–Kier alpha value is -1.98. The Kier molecular flexibility index (Phi) is 2.65. The fraction of sp³-hybridized carbons (Fsp3) is 0.412. The van der Waals surface area contributed by atoms with E-state index >= 15 is 0 Å². The number of amides is 2. The highest BCUT2D eigenvalue weighted by atomic mass is 16.5. The number of carbonyl (C=O) groups excluding carboxylic acids is 2. The van der Waals surface area contributed by atoms with Gasteiger partial charge in [-0.25, -0.2) is 4.90 Å². The number of benzene rings is 1. The van der Waals surface area contributed by atoms with Crippen LogP contribution in [0.2, 0.25) is 0 Å². The van der Waals surface area contributed by atoms with Gasteiger partial charge in [-0.05, 0) is 37.1 Å². The molecule has 4 unspecified atom stereocenters. The molecule has 1 aromatic carbocycles. The number of nitrogens with zero attached hydrogens (tertiary/aromatic N) is 1. The molecule has 114 valence electrons. The van der Waals surface area contributed by atoms with Crippen LogP contribution in [0.5, 0.6) is 0 Å². The maximum atomic E-state index is 12.8. The van der Waals surface area contributed by atoms with Crippen LogP contribution in [0, 0.1) is 25.7 Å². The van der Waals surface area contributed by atoms with Gasteiger partial charge in [-0.1, -0.05) is 18.2 Å². The molecule has 4 rings (SSSR count). The van der Waals surface area contributed by atoms with Crippen LogP contribution < -0.4 is 4.90 Å². The zero-order valence-electron chi connectivity index (χ0n) is 12.4. The molecule has 5 heteroatoms. The molecule has 0 saturated carbocycles. The Morgan fingerprint density at radius 2 is 2.00 bits per heavy atom. The molecule has 2 amide bonds. The van der Waals surface area contributed by atoms with Crippen LogP contribution in [0.25, 0.3) is 0 Å². The third-order valence-electron chi connectivity index (χ3n) is 5.15. The van der Waals surface area contributed by atoms with Crippen molar-refractivity contribution in [1.82, 2.24) is 0 Å². The van der Waals surface area contributed by atoms with E-state index in [2.05, 4.69) is 0 Å². The van der Waals surface area contributed by atoms with Gasteiger partial charge in [0.1, 0.15) is 5.60 Å². The quantitative estimate of drug-likeness (QED) is 0.656. The second-order valence-corrected chi connectivity index (χ2v) is 6.34. The van der Waals surface area contributed by atoms with Gasteiger partial charge in [-0.3, -0.25) is 9.59 Å². The minimum Gasteiger partial charge on any atom is -0.393 e. The van der Waals surface area contributed by atoms with Gasteiger partial charge in [0.05, 0.1) is 30.2 Å². The summed E-state index contributed by atoms with van der Waals surface area (Å²) < 4.78 is 5.71. The zero-order valence-corrected chi connectivity index (χ0v) is 12.4. The molecule has 0 spiro atoms. The summed E-state index contributed by atoms with van der Waals surface area (Å²) in [5.74, 6) is -1.66. The van der Waals surface area contributed by atoms with E-state index in [1.165, 1.54) is 4.90 Å². The van der Waals surface area contributed by atoms with Crippen LogP contribution in [0.3, 0.4) is 0 Å². The van der Waals surface area contributed by atoms with E-state index in [1.54, 1.807) is 18.2 Å². The highest BCUT2D eigenvalue weighted by molar-refractivity contribution is 6.23. The normalized spacial score (nSPS) is 35.6. The van der Waals surface area contributed by atoms with Gasteiger partial charge < -0.3 is 9.84 Å². The van der Waals surface area contributed by atoms with Gasteiger partial charge in [0.2, 0.25) is 11.8 Å². The Balaban J connectivity index is 1.77. The van der Waals surface area contributed by atoms with Gasteiger partial charge in [-0.2, -0.15) is 0 Å². The fourth-order valence-corrected chi connectivity index (χ4v) is 3.80. The molecular formula is C17H17NO4. The third-order valence-corrected chi connectivity index (χ3v) is 5.15. The largest absolute Gasteiger partial charge is 0.393 e. The highest BCUT2D eigenvalue weighted by Crippen LogP contribution is 2.52. The van der Waals surface area contributed by atoms with Gasteiger partial charge >= 0.3 is 0 Å². The minimum absolute atomic E-state index is 0.233. The van der Waals surface area contributed by atoms with Crippen molar-refractivity contribution in [2.24, 2.45) is 11.8 Å². The monoisotopic (exact) mass is 299 g/mol. The van der Waals surface area contributed by atoms with Crippen LogP contribution in [-0.2, 0) is 14.3 Å². The molecule has 22 heavy (non-hydrogen) atoms. The molecule has 2 saturated heterocycles. The summed E-state index contributed by atoms with van der Waals surface area (Å²) in [4.78, 5) is 26.8. The van der Waals surface area contributed by atoms with E-state index in [0.717, 1.165) is 11.1 Å². The number of aryl methyl sites for hydroxylation is 2. The molecule has 3 heterocycles. The fourth-order valence-electron chi connectivity index (χ4n) is 3.80. The molecule has 2 fully saturated rings. The van der Waals surface area contributed by atoms with E-state index in [-0.39, 0.29) is 18.4 Å². The van der Waals surface area contributed by atoms with Crippen molar-refractivity contribution in [3.05, 3.63) is 41.5 Å². The Bertz CT molecular complexity index is 725. The average molecular weight is 299 g/mol. The summed E-state index contributed by atoms with van der Waals surface area (Å²) in [5, 5.41) is 9.67. The maximum absolute atomic E-state index is 12.8. The minimum atomic E-state index is -1.03. The summed E-state index contributed by atoms with van der Waals surface area (Å²) in [5.41, 5.74) is 1.71. The van der Waals surface area contributed by atoms with Crippen molar-refractivity contribution in [1.29, 1.82) is 0 Å². The number of imide groups is 1. The molecule has 0 aliphatic carbocycles. The molecular weight excluding hydrogens is 282 g/mol. The second-order valence-electron chi connectivity index (χ2n) is 6.34. The first kappa shape index (κ1) is 13.7. The number of anilines is 1. The maximum Gasteiger partial charge on any atom is 0.241 e. The number of ether oxygens (including phenoxy) is 1.